The molecule has 0 radical (unpaired) electrons. The number of ether oxygens (including phenoxy) is 1. The van der Waals surface area contributed by atoms with Crippen LogP contribution in [0.1, 0.15) is 57.6 Å². The third-order valence-electron chi connectivity index (χ3n) is 7.02. The Morgan fingerprint density at radius 1 is 1.12 bits per heavy atom. The first-order chi connectivity index (χ1) is 16.2. The number of allylic oxidation sites excluding steroid dienone is 1. The second kappa shape index (κ2) is 9.09. The van der Waals surface area contributed by atoms with E-state index in [4.69, 9.17) is 4.74 Å². The number of amides is 2. The second-order valence-corrected chi connectivity index (χ2v) is 9.48. The number of nitrogens with zero attached hydrogens (tertiary/aromatic N) is 1. The number of carbonyl (C=O) groups excluding carboxylic acids is 3. The van der Waals surface area contributed by atoms with Gasteiger partial charge >= 0.3 is 5.97 Å². The average molecular weight is 462 g/mol. The van der Waals surface area contributed by atoms with Crippen molar-refractivity contribution in [3.8, 4) is 0 Å². The number of aliphatic hydroxyl groups excluding tert-OH is 1. The molecule has 1 N–H and O–H groups in total. The van der Waals surface area contributed by atoms with E-state index in [2.05, 4.69) is 0 Å². The van der Waals surface area contributed by atoms with Crippen molar-refractivity contribution in [2.24, 2.45) is 11.8 Å². The summed E-state index contributed by atoms with van der Waals surface area (Å²) in [6.45, 7) is 7.29. The van der Waals surface area contributed by atoms with Crippen molar-refractivity contribution in [2.45, 2.75) is 51.9 Å². The maximum Gasteiger partial charge on any atom is 0.337 e. The molecule has 3 atom stereocenters. The average Bonchev–Trinajstić information content (AvgIpc) is 3.05. The molecule has 2 amide bonds. The van der Waals surface area contributed by atoms with Crippen LogP contribution in [-0.2, 0) is 24.5 Å². The molecule has 6 heteroatoms. The second-order valence-electron chi connectivity index (χ2n) is 9.48. The molecule has 1 aliphatic carbocycles. The summed E-state index contributed by atoms with van der Waals surface area (Å²) in [7, 11) is 0. The van der Waals surface area contributed by atoms with Crippen molar-refractivity contribution in [1.29, 1.82) is 0 Å². The Labute approximate surface area is 200 Å². The molecule has 2 aliphatic rings. The highest BCUT2D eigenvalue weighted by atomic mass is 16.5. The molecule has 6 nitrogen and oxygen atoms in total. The maximum absolute atomic E-state index is 14.4. The van der Waals surface area contributed by atoms with Crippen LogP contribution in [0, 0.1) is 11.8 Å². The first kappa shape index (κ1) is 23.7. The minimum atomic E-state index is -1.23. The van der Waals surface area contributed by atoms with Gasteiger partial charge in [0.05, 0.1) is 23.3 Å². The highest BCUT2D eigenvalue weighted by Crippen LogP contribution is 2.61. The van der Waals surface area contributed by atoms with E-state index < -0.39 is 23.2 Å². The Hall–Kier alpha value is -3.41. The molecule has 0 saturated carbocycles. The van der Waals surface area contributed by atoms with Gasteiger partial charge in [0, 0.05) is 25.2 Å². The van der Waals surface area contributed by atoms with Crippen molar-refractivity contribution in [1.82, 2.24) is 0 Å². The number of hydrogen-bond donors (Lipinski definition) is 1. The molecule has 1 aliphatic heterocycles. The van der Waals surface area contributed by atoms with Gasteiger partial charge in [0.15, 0.2) is 0 Å². The van der Waals surface area contributed by atoms with Crippen LogP contribution in [-0.4, -0.2) is 29.5 Å². The van der Waals surface area contributed by atoms with E-state index >= 15 is 0 Å². The minimum absolute atomic E-state index is 0.0462. The number of hydrogen-bond acceptors (Lipinski definition) is 5. The van der Waals surface area contributed by atoms with E-state index in [9.17, 15) is 19.5 Å². The van der Waals surface area contributed by atoms with Gasteiger partial charge in [0.25, 0.3) is 0 Å². The number of esters is 1. The Bertz CT molecular complexity index is 1150. The predicted molar refractivity (Wildman–Crippen MR) is 129 cm³/mol. The van der Waals surface area contributed by atoms with Crippen LogP contribution in [0.2, 0.25) is 0 Å². The molecular formula is C28H31NO5. The van der Waals surface area contributed by atoms with Gasteiger partial charge in [-0.3, -0.25) is 9.59 Å². The number of anilines is 1. The quantitative estimate of drug-likeness (QED) is 0.631. The normalized spacial score (nSPS) is 24.0. The first-order valence-corrected chi connectivity index (χ1v) is 11.8. The van der Waals surface area contributed by atoms with Gasteiger partial charge in [-0.1, -0.05) is 62.4 Å². The summed E-state index contributed by atoms with van der Waals surface area (Å²) in [4.78, 5) is 41.6. The number of carbonyl (C=O) groups is 3. The molecule has 2 aromatic carbocycles. The van der Waals surface area contributed by atoms with E-state index in [1.54, 1.807) is 19.1 Å². The third-order valence-corrected chi connectivity index (χ3v) is 7.02. The summed E-state index contributed by atoms with van der Waals surface area (Å²) < 4.78 is 5.36. The van der Waals surface area contributed by atoms with Gasteiger partial charge in [-0.05, 0) is 36.5 Å². The van der Waals surface area contributed by atoms with Crippen molar-refractivity contribution in [3.63, 3.8) is 0 Å². The zero-order valence-electron chi connectivity index (χ0n) is 20.1. The van der Waals surface area contributed by atoms with Gasteiger partial charge < -0.3 is 9.84 Å². The van der Waals surface area contributed by atoms with Crippen LogP contribution in [0.25, 0.3) is 0 Å². The van der Waals surface area contributed by atoms with Crippen molar-refractivity contribution in [3.05, 3.63) is 77.1 Å². The predicted octanol–water partition coefficient (Wildman–Crippen LogP) is 5.04. The van der Waals surface area contributed by atoms with Crippen LogP contribution in [0.3, 0.4) is 0 Å². The fourth-order valence-corrected chi connectivity index (χ4v) is 5.86. The lowest BCUT2D eigenvalue weighted by molar-refractivity contribution is -0.140. The molecule has 3 unspecified atom stereocenters. The summed E-state index contributed by atoms with van der Waals surface area (Å²) in [6.07, 6.45) is 0.561. The van der Waals surface area contributed by atoms with E-state index in [1.165, 1.54) is 11.8 Å². The van der Waals surface area contributed by atoms with Gasteiger partial charge in [0.1, 0.15) is 5.76 Å². The lowest BCUT2D eigenvalue weighted by Gasteiger charge is -2.47. The smallest absolute Gasteiger partial charge is 0.337 e. The Morgan fingerprint density at radius 3 is 2.38 bits per heavy atom. The van der Waals surface area contributed by atoms with Gasteiger partial charge in [-0.2, -0.15) is 0 Å². The van der Waals surface area contributed by atoms with Gasteiger partial charge in [0.2, 0.25) is 11.8 Å². The minimum Gasteiger partial charge on any atom is -0.512 e. The lowest BCUT2D eigenvalue weighted by Crippen LogP contribution is -2.54. The topological polar surface area (TPSA) is 83.9 Å². The number of aliphatic hydroxyl groups is 1. The number of imide groups is 1. The molecule has 0 aromatic heterocycles. The summed E-state index contributed by atoms with van der Waals surface area (Å²) >= 11 is 0. The lowest BCUT2D eigenvalue weighted by atomic mass is 9.53. The van der Waals surface area contributed by atoms with E-state index in [0.29, 0.717) is 17.7 Å². The monoisotopic (exact) mass is 461 g/mol. The first-order valence-electron chi connectivity index (χ1n) is 11.8. The van der Waals surface area contributed by atoms with Crippen LogP contribution >= 0.6 is 0 Å². The highest BCUT2D eigenvalue weighted by Gasteiger charge is 2.64. The number of fused-ring (bicyclic) bond motifs is 2. The molecule has 4 rings (SSSR count). The molecule has 0 saturated heterocycles. The molecule has 1 heterocycles. The third kappa shape index (κ3) is 3.52. The fraction of sp³-hybridized carbons (Fsp3) is 0.393. The van der Waals surface area contributed by atoms with Gasteiger partial charge in [-0.15, -0.1) is 0 Å². The number of benzene rings is 2. The Kier molecular flexibility index (Phi) is 6.34. The van der Waals surface area contributed by atoms with E-state index in [1.807, 2.05) is 56.3 Å². The van der Waals surface area contributed by atoms with E-state index in [0.717, 1.165) is 5.56 Å². The van der Waals surface area contributed by atoms with Crippen LogP contribution < -0.4 is 4.90 Å². The van der Waals surface area contributed by atoms with Crippen molar-refractivity contribution < 1.29 is 24.2 Å². The van der Waals surface area contributed by atoms with Crippen LogP contribution in [0.4, 0.5) is 5.69 Å². The maximum atomic E-state index is 14.4. The SMILES string of the molecule is CCOC(=O)C1=C(O)CC(c2ccccc2)C2(C(=O)N(C(C)=O)c3ccccc32)C1CC(C)C. The zero-order chi connectivity index (χ0) is 24.6. The Balaban J connectivity index is 2.09. The largest absolute Gasteiger partial charge is 0.512 e. The van der Waals surface area contributed by atoms with E-state index in [-0.39, 0.29) is 42.1 Å². The van der Waals surface area contributed by atoms with Crippen LogP contribution in [0.5, 0.6) is 0 Å². The standard InChI is InChI=1S/C28H31NO5/c1-5-34-26(32)25-22(15-17(2)3)28(21(16-24(25)31)19-11-7-6-8-12-19)20-13-9-10-14-23(20)29(18(4)30)27(28)33/h6-14,17,21-22,31H,5,15-16H2,1-4H3. The summed E-state index contributed by atoms with van der Waals surface area (Å²) in [5.74, 6) is -2.40. The zero-order valence-corrected chi connectivity index (χ0v) is 20.1. The molecule has 0 bridgehead atoms. The van der Waals surface area contributed by atoms with Gasteiger partial charge in [-0.25, -0.2) is 9.69 Å². The highest BCUT2D eigenvalue weighted by molar-refractivity contribution is 6.23. The van der Waals surface area contributed by atoms with Crippen molar-refractivity contribution >= 4 is 23.5 Å². The fourth-order valence-electron chi connectivity index (χ4n) is 5.86. The Morgan fingerprint density at radius 2 is 1.76 bits per heavy atom. The molecule has 178 valence electrons. The molecule has 1 spiro atoms. The molecular weight excluding hydrogens is 430 g/mol. The van der Waals surface area contributed by atoms with Crippen LogP contribution in [0.15, 0.2) is 65.9 Å². The summed E-state index contributed by atoms with van der Waals surface area (Å²) in [5, 5.41) is 11.2. The number of rotatable bonds is 5. The summed E-state index contributed by atoms with van der Waals surface area (Å²) in [5.41, 5.74) is 1.04. The van der Waals surface area contributed by atoms with Crippen molar-refractivity contribution in [2.75, 3.05) is 11.5 Å². The molecule has 0 fully saturated rings. The number of para-hydroxylation sites is 1. The molecule has 2 aromatic rings. The summed E-state index contributed by atoms with van der Waals surface area (Å²) in [6, 6.07) is 16.9. The molecule has 34 heavy (non-hydrogen) atoms.